The Balaban J connectivity index is 1.50. The molecule has 1 amide bonds. The zero-order chi connectivity index (χ0) is 17.4. The summed E-state index contributed by atoms with van der Waals surface area (Å²) < 4.78 is 0. The van der Waals surface area contributed by atoms with Crippen molar-refractivity contribution in [3.8, 4) is 10.7 Å². The predicted octanol–water partition coefficient (Wildman–Crippen LogP) is 3.99. The molecule has 0 radical (unpaired) electrons. The lowest BCUT2D eigenvalue weighted by molar-refractivity contribution is -0.118. The number of thioether (sulfide) groups is 1. The summed E-state index contributed by atoms with van der Waals surface area (Å²) >= 11 is 3.00. The Bertz CT molecular complexity index is 890. The average Bonchev–Trinajstić information content (AvgIpc) is 3.32. The Morgan fingerprint density at radius 2 is 2.20 bits per heavy atom. The number of thiophene rings is 1. The van der Waals surface area contributed by atoms with Crippen LogP contribution >= 0.6 is 23.1 Å². The van der Waals surface area contributed by atoms with Crippen molar-refractivity contribution in [2.45, 2.75) is 36.7 Å². The minimum absolute atomic E-state index is 0.102. The summed E-state index contributed by atoms with van der Waals surface area (Å²) in [7, 11) is 0. The Morgan fingerprint density at radius 1 is 1.36 bits per heavy atom. The number of aromatic amines is 1. The van der Waals surface area contributed by atoms with Crippen LogP contribution in [0, 0.1) is 0 Å². The van der Waals surface area contributed by atoms with E-state index >= 15 is 0 Å². The van der Waals surface area contributed by atoms with Gasteiger partial charge in [-0.2, -0.15) is 0 Å². The fourth-order valence-electron chi connectivity index (χ4n) is 3.13. The zero-order valence-corrected chi connectivity index (χ0v) is 15.6. The maximum Gasteiger partial charge on any atom is 0.240 e. The molecule has 3 aromatic rings. The second-order valence-electron chi connectivity index (χ2n) is 6.09. The van der Waals surface area contributed by atoms with Crippen LogP contribution in [0.25, 0.3) is 10.7 Å². The van der Waals surface area contributed by atoms with E-state index in [-0.39, 0.29) is 17.2 Å². The van der Waals surface area contributed by atoms with Crippen molar-refractivity contribution >= 4 is 34.7 Å². The third-order valence-electron chi connectivity index (χ3n) is 4.29. The first-order chi connectivity index (χ1) is 12.1. The molecule has 0 unspecified atom stereocenters. The van der Waals surface area contributed by atoms with Crippen molar-refractivity contribution in [3.63, 3.8) is 0 Å². The van der Waals surface area contributed by atoms with Crippen molar-refractivity contribution in [3.05, 3.63) is 47.3 Å². The highest BCUT2D eigenvalue weighted by atomic mass is 32.2. The van der Waals surface area contributed by atoms with Crippen LogP contribution < -0.4 is 4.90 Å². The number of carbonyl (C=O) groups is 1. The number of anilines is 1. The van der Waals surface area contributed by atoms with Gasteiger partial charge in [0.2, 0.25) is 11.1 Å². The number of H-pyrrole nitrogens is 1. The maximum absolute atomic E-state index is 13.0. The summed E-state index contributed by atoms with van der Waals surface area (Å²) in [4.78, 5) is 20.5. The molecule has 3 heterocycles. The van der Waals surface area contributed by atoms with E-state index in [0.717, 1.165) is 22.8 Å². The molecule has 0 aliphatic carbocycles. The largest absolute Gasteiger partial charge is 0.308 e. The number of fused-ring (bicyclic) bond motifs is 1. The Hall–Kier alpha value is -2.12. The van der Waals surface area contributed by atoms with Gasteiger partial charge in [-0.25, -0.2) is 4.98 Å². The van der Waals surface area contributed by atoms with Crippen LogP contribution in [0.5, 0.6) is 0 Å². The second kappa shape index (κ2) is 6.65. The molecular weight excluding hydrogens is 352 g/mol. The molecule has 0 fully saturated rings. The van der Waals surface area contributed by atoms with Gasteiger partial charge >= 0.3 is 0 Å². The van der Waals surface area contributed by atoms with Crippen LogP contribution in [-0.4, -0.2) is 32.4 Å². The number of benzene rings is 1. The molecule has 0 saturated carbocycles. The number of amides is 1. The van der Waals surface area contributed by atoms with E-state index in [1.54, 1.807) is 11.3 Å². The predicted molar refractivity (Wildman–Crippen MR) is 102 cm³/mol. The normalized spacial score (nSPS) is 17.5. The molecule has 5 nitrogen and oxygen atoms in total. The number of aromatic nitrogens is 3. The monoisotopic (exact) mass is 370 g/mol. The van der Waals surface area contributed by atoms with Crippen LogP contribution in [0.4, 0.5) is 5.69 Å². The Kier molecular flexibility index (Phi) is 4.35. The highest BCUT2D eigenvalue weighted by Crippen LogP contribution is 2.34. The molecule has 1 aliphatic heterocycles. The molecule has 128 valence electrons. The van der Waals surface area contributed by atoms with Gasteiger partial charge in [-0.1, -0.05) is 36.0 Å². The van der Waals surface area contributed by atoms with E-state index in [4.69, 9.17) is 0 Å². The topological polar surface area (TPSA) is 61.9 Å². The van der Waals surface area contributed by atoms with Crippen molar-refractivity contribution in [1.82, 2.24) is 15.2 Å². The van der Waals surface area contributed by atoms with E-state index < -0.39 is 0 Å². The van der Waals surface area contributed by atoms with E-state index in [0.29, 0.717) is 5.16 Å². The molecule has 0 spiro atoms. The summed E-state index contributed by atoms with van der Waals surface area (Å²) in [6, 6.07) is 12.3. The molecule has 25 heavy (non-hydrogen) atoms. The number of carbonyl (C=O) groups excluding carboxylic acids is 1. The summed E-state index contributed by atoms with van der Waals surface area (Å²) in [5.74, 6) is 0.849. The van der Waals surface area contributed by atoms with Gasteiger partial charge in [0, 0.05) is 11.7 Å². The maximum atomic E-state index is 13.0. The lowest BCUT2D eigenvalue weighted by atomic mass is 10.1. The molecule has 1 aromatic carbocycles. The SMILES string of the molecule is C[C@H](Sc1n[nH]c(-c2cccs2)n1)C(=O)N1c2ccccc2C[C@@H]1C. The van der Waals surface area contributed by atoms with Crippen LogP contribution in [0.1, 0.15) is 19.4 Å². The van der Waals surface area contributed by atoms with Gasteiger partial charge in [0.1, 0.15) is 0 Å². The standard InChI is InChI=1S/C18H18N4OS2/c1-11-10-13-6-3-4-7-14(13)22(11)17(23)12(2)25-18-19-16(20-21-18)15-8-5-9-24-15/h3-9,11-12H,10H2,1-2H3,(H,19,20,21)/t11-,12-/m0/s1. The van der Waals surface area contributed by atoms with Crippen molar-refractivity contribution in [2.24, 2.45) is 0 Å². The fraction of sp³-hybridized carbons (Fsp3) is 0.278. The molecule has 1 N–H and O–H groups in total. The first-order valence-corrected chi connectivity index (χ1v) is 9.93. The van der Waals surface area contributed by atoms with Gasteiger partial charge in [-0.15, -0.1) is 16.4 Å². The summed E-state index contributed by atoms with van der Waals surface area (Å²) in [5, 5.41) is 9.55. The molecule has 2 aromatic heterocycles. The number of hydrogen-bond donors (Lipinski definition) is 1. The van der Waals surface area contributed by atoms with E-state index in [1.807, 2.05) is 47.5 Å². The van der Waals surface area contributed by atoms with Gasteiger partial charge in [0.05, 0.1) is 10.1 Å². The van der Waals surface area contributed by atoms with E-state index in [2.05, 4.69) is 28.2 Å². The highest BCUT2D eigenvalue weighted by molar-refractivity contribution is 8.00. The summed E-state index contributed by atoms with van der Waals surface area (Å²) in [6.45, 7) is 4.01. The number of nitrogens with zero attached hydrogens (tertiary/aromatic N) is 3. The lowest BCUT2D eigenvalue weighted by Gasteiger charge is -2.25. The molecule has 1 aliphatic rings. The van der Waals surface area contributed by atoms with Crippen LogP contribution in [0.3, 0.4) is 0 Å². The average molecular weight is 371 g/mol. The van der Waals surface area contributed by atoms with E-state index in [1.165, 1.54) is 17.3 Å². The number of rotatable bonds is 4. The third kappa shape index (κ3) is 3.09. The van der Waals surface area contributed by atoms with Crippen LogP contribution in [0.2, 0.25) is 0 Å². The van der Waals surface area contributed by atoms with Gasteiger partial charge < -0.3 is 4.90 Å². The van der Waals surface area contributed by atoms with Gasteiger partial charge in [0.15, 0.2) is 5.82 Å². The van der Waals surface area contributed by atoms with Crippen LogP contribution in [-0.2, 0) is 11.2 Å². The number of para-hydroxylation sites is 1. The van der Waals surface area contributed by atoms with Gasteiger partial charge in [-0.05, 0) is 43.3 Å². The number of nitrogens with one attached hydrogen (secondary N) is 1. The Labute approximate surface area is 154 Å². The molecule has 0 saturated heterocycles. The van der Waals surface area contributed by atoms with E-state index in [9.17, 15) is 4.79 Å². The second-order valence-corrected chi connectivity index (χ2v) is 8.35. The highest BCUT2D eigenvalue weighted by Gasteiger charge is 2.33. The van der Waals surface area contributed by atoms with Gasteiger partial charge in [-0.3, -0.25) is 9.89 Å². The lowest BCUT2D eigenvalue weighted by Crippen LogP contribution is -2.40. The van der Waals surface area contributed by atoms with Crippen molar-refractivity contribution < 1.29 is 4.79 Å². The van der Waals surface area contributed by atoms with Crippen LogP contribution in [0.15, 0.2) is 46.9 Å². The smallest absolute Gasteiger partial charge is 0.240 e. The summed E-state index contributed by atoms with van der Waals surface area (Å²) in [6.07, 6.45) is 0.905. The fourth-order valence-corrected chi connectivity index (χ4v) is 4.57. The first kappa shape index (κ1) is 16.4. The quantitative estimate of drug-likeness (QED) is 0.706. The van der Waals surface area contributed by atoms with Gasteiger partial charge in [0.25, 0.3) is 0 Å². The Morgan fingerprint density at radius 3 is 3.00 bits per heavy atom. The zero-order valence-electron chi connectivity index (χ0n) is 14.0. The summed E-state index contributed by atoms with van der Waals surface area (Å²) in [5.41, 5.74) is 2.26. The molecule has 0 bridgehead atoms. The first-order valence-electron chi connectivity index (χ1n) is 8.17. The molecule has 7 heteroatoms. The third-order valence-corrected chi connectivity index (χ3v) is 6.12. The number of hydrogen-bond acceptors (Lipinski definition) is 5. The van der Waals surface area contributed by atoms with Crippen molar-refractivity contribution in [2.75, 3.05) is 4.90 Å². The molecular formula is C18H18N4OS2. The minimum Gasteiger partial charge on any atom is -0.308 e. The molecule has 2 atom stereocenters. The minimum atomic E-state index is -0.249. The molecule has 4 rings (SSSR count). The van der Waals surface area contributed by atoms with Crippen molar-refractivity contribution in [1.29, 1.82) is 0 Å².